The molecule has 1 saturated heterocycles. The second-order valence-electron chi connectivity index (χ2n) is 4.92. The lowest BCUT2D eigenvalue weighted by atomic mass is 9.95. The lowest BCUT2D eigenvalue weighted by Crippen LogP contribution is -2.61. The van der Waals surface area contributed by atoms with E-state index in [0.717, 1.165) is 0 Å². The number of hydrogen-bond acceptors (Lipinski definition) is 4. The van der Waals surface area contributed by atoms with Gasteiger partial charge in [-0.15, -0.1) is 0 Å². The Morgan fingerprint density at radius 1 is 1.50 bits per heavy atom. The minimum Gasteiger partial charge on any atom is -0.386 e. The molecule has 1 aliphatic heterocycles. The summed E-state index contributed by atoms with van der Waals surface area (Å²) in [6.45, 7) is 3.85. The van der Waals surface area contributed by atoms with Crippen molar-refractivity contribution in [2.24, 2.45) is 0 Å². The van der Waals surface area contributed by atoms with Gasteiger partial charge in [0.15, 0.2) is 0 Å². The smallest absolute Gasteiger partial charge is 0.272 e. The molecule has 6 heteroatoms. The van der Waals surface area contributed by atoms with Gasteiger partial charge in [0.05, 0.1) is 23.6 Å². The van der Waals surface area contributed by atoms with Gasteiger partial charge in [0.1, 0.15) is 0 Å². The second kappa shape index (κ2) is 4.06. The molecule has 1 aromatic carbocycles. The number of rotatable bonds is 2. The number of amides is 1. The molecule has 1 N–H and O–H groups in total. The van der Waals surface area contributed by atoms with E-state index in [0.29, 0.717) is 24.2 Å². The average molecular weight is 250 g/mol. The minimum absolute atomic E-state index is 0.00200. The molecule has 1 amide bonds. The van der Waals surface area contributed by atoms with Crippen LogP contribution in [-0.2, 0) is 0 Å². The van der Waals surface area contributed by atoms with E-state index in [9.17, 15) is 20.0 Å². The van der Waals surface area contributed by atoms with Crippen molar-refractivity contribution in [3.63, 3.8) is 0 Å². The number of carbonyl (C=O) groups is 1. The fourth-order valence-electron chi connectivity index (χ4n) is 2.10. The number of nitro groups is 1. The van der Waals surface area contributed by atoms with E-state index >= 15 is 0 Å². The highest BCUT2D eigenvalue weighted by molar-refractivity contribution is 5.95. The van der Waals surface area contributed by atoms with Gasteiger partial charge in [-0.2, -0.15) is 0 Å². The molecule has 1 aromatic rings. The maximum Gasteiger partial charge on any atom is 0.272 e. The van der Waals surface area contributed by atoms with Crippen molar-refractivity contribution in [1.82, 2.24) is 4.90 Å². The second-order valence-corrected chi connectivity index (χ2v) is 4.92. The summed E-state index contributed by atoms with van der Waals surface area (Å²) in [6.07, 6.45) is 0. The number of likely N-dealkylation sites (tertiary alicyclic amines) is 1. The van der Waals surface area contributed by atoms with Crippen molar-refractivity contribution in [2.75, 3.05) is 13.1 Å². The van der Waals surface area contributed by atoms with Crippen molar-refractivity contribution >= 4 is 11.6 Å². The Labute approximate surface area is 104 Å². The standard InChI is InChI=1S/C12H14N2O4/c1-8-5-9(3-4-10(8)14(17)18)11(15)13-6-12(2,16)7-13/h3-5,16H,6-7H2,1-2H3. The molecule has 1 heterocycles. The van der Waals surface area contributed by atoms with Crippen LogP contribution in [-0.4, -0.2) is 39.5 Å². The monoisotopic (exact) mass is 250 g/mol. The number of hydrogen-bond donors (Lipinski definition) is 1. The molecule has 1 aliphatic rings. The molecule has 0 spiro atoms. The lowest BCUT2D eigenvalue weighted by molar-refractivity contribution is -0.385. The Balaban J connectivity index is 2.18. The normalized spacial score (nSPS) is 17.2. The van der Waals surface area contributed by atoms with Gasteiger partial charge in [0.25, 0.3) is 11.6 Å². The maximum atomic E-state index is 12.0. The Kier molecular flexibility index (Phi) is 2.82. The van der Waals surface area contributed by atoms with Crippen LogP contribution in [0.2, 0.25) is 0 Å². The van der Waals surface area contributed by atoms with Crippen LogP contribution in [0.1, 0.15) is 22.8 Å². The van der Waals surface area contributed by atoms with Crippen LogP contribution in [0.15, 0.2) is 18.2 Å². The van der Waals surface area contributed by atoms with Gasteiger partial charge < -0.3 is 10.0 Å². The van der Waals surface area contributed by atoms with Crippen LogP contribution in [0.4, 0.5) is 5.69 Å². The fraction of sp³-hybridized carbons (Fsp3) is 0.417. The number of aryl methyl sites for hydroxylation is 1. The number of aliphatic hydroxyl groups is 1. The average Bonchev–Trinajstić information content (AvgIpc) is 2.24. The summed E-state index contributed by atoms with van der Waals surface area (Å²) in [5, 5.41) is 20.2. The van der Waals surface area contributed by atoms with Crippen molar-refractivity contribution in [3.8, 4) is 0 Å². The van der Waals surface area contributed by atoms with Gasteiger partial charge in [-0.3, -0.25) is 14.9 Å². The van der Waals surface area contributed by atoms with E-state index in [1.807, 2.05) is 0 Å². The first-order valence-corrected chi connectivity index (χ1v) is 5.57. The van der Waals surface area contributed by atoms with Gasteiger partial charge in [0.2, 0.25) is 0 Å². The lowest BCUT2D eigenvalue weighted by Gasteiger charge is -2.44. The van der Waals surface area contributed by atoms with Crippen LogP contribution in [0.5, 0.6) is 0 Å². The van der Waals surface area contributed by atoms with Crippen molar-refractivity contribution in [1.29, 1.82) is 0 Å². The van der Waals surface area contributed by atoms with E-state index in [2.05, 4.69) is 0 Å². The predicted octanol–water partition coefficient (Wildman–Crippen LogP) is 1.11. The first-order chi connectivity index (χ1) is 8.30. The summed E-state index contributed by atoms with van der Waals surface area (Å²) in [5.41, 5.74) is 0.0553. The van der Waals surface area contributed by atoms with Crippen LogP contribution in [0.3, 0.4) is 0 Å². The summed E-state index contributed by atoms with van der Waals surface area (Å²) >= 11 is 0. The third-order valence-electron chi connectivity index (χ3n) is 2.99. The zero-order chi connectivity index (χ0) is 13.5. The highest BCUT2D eigenvalue weighted by atomic mass is 16.6. The first-order valence-electron chi connectivity index (χ1n) is 5.57. The number of nitro benzene ring substituents is 1. The van der Waals surface area contributed by atoms with E-state index in [1.54, 1.807) is 13.8 Å². The molecule has 0 aromatic heterocycles. The number of β-amino-alcohol motifs (C(OH)–C–C–N with tert-alkyl or cyclic N) is 1. The fourth-order valence-corrected chi connectivity index (χ4v) is 2.10. The number of benzene rings is 1. The Bertz CT molecular complexity index is 517. The molecule has 6 nitrogen and oxygen atoms in total. The Morgan fingerprint density at radius 2 is 2.11 bits per heavy atom. The molecule has 1 fully saturated rings. The molecule has 0 atom stereocenters. The van der Waals surface area contributed by atoms with E-state index in [4.69, 9.17) is 0 Å². The molecule has 96 valence electrons. The van der Waals surface area contributed by atoms with Gasteiger partial charge in [0, 0.05) is 17.2 Å². The van der Waals surface area contributed by atoms with Crippen molar-refractivity contribution < 1.29 is 14.8 Å². The van der Waals surface area contributed by atoms with Crippen LogP contribution >= 0.6 is 0 Å². The van der Waals surface area contributed by atoms with Crippen LogP contribution < -0.4 is 0 Å². The third-order valence-corrected chi connectivity index (χ3v) is 2.99. The summed E-state index contributed by atoms with van der Waals surface area (Å²) in [4.78, 5) is 23.7. The molecule has 18 heavy (non-hydrogen) atoms. The van der Waals surface area contributed by atoms with Gasteiger partial charge in [-0.1, -0.05) is 0 Å². The molecule has 0 unspecified atom stereocenters. The first kappa shape index (κ1) is 12.5. The number of carbonyl (C=O) groups excluding carboxylic acids is 1. The maximum absolute atomic E-state index is 12.0. The summed E-state index contributed by atoms with van der Waals surface area (Å²) in [6, 6.07) is 4.29. The Hall–Kier alpha value is -1.95. The number of nitrogens with zero attached hydrogens (tertiary/aromatic N) is 2. The van der Waals surface area contributed by atoms with Gasteiger partial charge >= 0.3 is 0 Å². The largest absolute Gasteiger partial charge is 0.386 e. The van der Waals surface area contributed by atoms with E-state index in [-0.39, 0.29) is 11.6 Å². The highest BCUT2D eigenvalue weighted by Gasteiger charge is 2.39. The van der Waals surface area contributed by atoms with Crippen LogP contribution in [0, 0.1) is 17.0 Å². The molecule has 0 aliphatic carbocycles. The van der Waals surface area contributed by atoms with Crippen LogP contribution in [0.25, 0.3) is 0 Å². The SMILES string of the molecule is Cc1cc(C(=O)N2CC(C)(O)C2)ccc1[N+](=O)[O-]. The van der Waals surface area contributed by atoms with Gasteiger partial charge in [-0.05, 0) is 26.0 Å². The predicted molar refractivity (Wildman–Crippen MR) is 64.4 cm³/mol. The summed E-state index contributed by atoms with van der Waals surface area (Å²) in [7, 11) is 0. The molecular formula is C12H14N2O4. The molecule has 0 saturated carbocycles. The van der Waals surface area contributed by atoms with E-state index < -0.39 is 10.5 Å². The summed E-state index contributed by atoms with van der Waals surface area (Å²) in [5.74, 6) is -0.209. The zero-order valence-corrected chi connectivity index (χ0v) is 10.2. The van der Waals surface area contributed by atoms with Gasteiger partial charge in [-0.25, -0.2) is 0 Å². The molecular weight excluding hydrogens is 236 g/mol. The van der Waals surface area contributed by atoms with Crippen molar-refractivity contribution in [2.45, 2.75) is 19.4 Å². The van der Waals surface area contributed by atoms with Crippen molar-refractivity contribution in [3.05, 3.63) is 39.4 Å². The highest BCUT2D eigenvalue weighted by Crippen LogP contribution is 2.24. The summed E-state index contributed by atoms with van der Waals surface area (Å²) < 4.78 is 0. The molecule has 0 bridgehead atoms. The third kappa shape index (κ3) is 2.19. The topological polar surface area (TPSA) is 83.7 Å². The zero-order valence-electron chi connectivity index (χ0n) is 10.2. The molecule has 2 rings (SSSR count). The van der Waals surface area contributed by atoms with E-state index in [1.165, 1.54) is 23.1 Å². The quantitative estimate of drug-likeness (QED) is 0.629. The molecule has 0 radical (unpaired) electrons. The minimum atomic E-state index is -0.814. The Morgan fingerprint density at radius 3 is 2.56 bits per heavy atom.